The maximum atomic E-state index is 5.18. The summed E-state index contributed by atoms with van der Waals surface area (Å²) < 4.78 is 0. The molecule has 0 saturated heterocycles. The van der Waals surface area contributed by atoms with Gasteiger partial charge in [-0.15, -0.1) is 23.5 Å². The van der Waals surface area contributed by atoms with Crippen molar-refractivity contribution in [3.8, 4) is 22.5 Å². The first-order valence-electron chi connectivity index (χ1n) is 11.1. The van der Waals surface area contributed by atoms with Crippen LogP contribution in [0.15, 0.2) is 107 Å². The average Bonchev–Trinajstić information content (AvgIpc) is 2.90. The van der Waals surface area contributed by atoms with Gasteiger partial charge in [-0.2, -0.15) is 0 Å². The number of hydrogen-bond acceptors (Lipinski definition) is 4. The number of thioether (sulfide) groups is 2. The maximum Gasteiger partial charge on any atom is 0.0973 e. The quantitative estimate of drug-likeness (QED) is 0.188. The Kier molecular flexibility index (Phi) is 5.48. The Morgan fingerprint density at radius 1 is 0.471 bits per heavy atom. The summed E-state index contributed by atoms with van der Waals surface area (Å²) in [7, 11) is 0. The number of nitrogens with zero attached hydrogens (tertiary/aromatic N) is 2. The zero-order valence-corrected chi connectivity index (χ0v) is 20.6. The lowest BCUT2D eigenvalue weighted by Crippen LogP contribution is -1.96. The van der Waals surface area contributed by atoms with Crippen LogP contribution in [0.3, 0.4) is 0 Å². The summed E-state index contributed by atoms with van der Waals surface area (Å²) in [5, 5.41) is 4.84. The summed E-state index contributed by atoms with van der Waals surface area (Å²) in [5.74, 6) is 0. The first kappa shape index (κ1) is 21.2. The van der Waals surface area contributed by atoms with Crippen LogP contribution in [-0.2, 0) is 0 Å². The molecule has 0 atom stereocenters. The van der Waals surface area contributed by atoms with Crippen LogP contribution in [-0.4, -0.2) is 22.5 Å². The summed E-state index contributed by atoms with van der Waals surface area (Å²) in [6.45, 7) is 0. The monoisotopic (exact) mass is 474 g/mol. The third-order valence-corrected chi connectivity index (χ3v) is 7.70. The number of rotatable bonds is 4. The third-order valence-electron chi connectivity index (χ3n) is 6.21. The fraction of sp³-hybridized carbons (Fsp3) is 0.0667. The summed E-state index contributed by atoms with van der Waals surface area (Å²) in [5.41, 5.74) is 5.81. The minimum absolute atomic E-state index is 0.913. The molecular weight excluding hydrogens is 452 g/mol. The topological polar surface area (TPSA) is 25.8 Å². The molecule has 164 valence electrons. The molecule has 1 heterocycles. The van der Waals surface area contributed by atoms with Crippen LogP contribution < -0.4 is 0 Å². The van der Waals surface area contributed by atoms with E-state index in [0.29, 0.717) is 0 Å². The highest BCUT2D eigenvalue weighted by atomic mass is 32.2. The van der Waals surface area contributed by atoms with E-state index in [2.05, 4.69) is 110 Å². The minimum atomic E-state index is 0.913. The second kappa shape index (κ2) is 8.79. The fourth-order valence-electron chi connectivity index (χ4n) is 4.39. The number of aromatic nitrogens is 2. The lowest BCUT2D eigenvalue weighted by Gasteiger charge is -2.12. The largest absolute Gasteiger partial charge is 0.244 e. The molecule has 0 aliphatic heterocycles. The smallest absolute Gasteiger partial charge is 0.0973 e. The van der Waals surface area contributed by atoms with Gasteiger partial charge in [0, 0.05) is 20.9 Å². The Hall–Kier alpha value is -3.34. The van der Waals surface area contributed by atoms with E-state index in [0.717, 1.165) is 33.5 Å². The summed E-state index contributed by atoms with van der Waals surface area (Å²) in [4.78, 5) is 12.8. The Morgan fingerprint density at radius 3 is 1.26 bits per heavy atom. The van der Waals surface area contributed by atoms with E-state index in [-0.39, 0.29) is 0 Å². The Bertz CT molecular complexity index is 1530. The minimum Gasteiger partial charge on any atom is -0.244 e. The van der Waals surface area contributed by atoms with Crippen LogP contribution in [0.5, 0.6) is 0 Å². The van der Waals surface area contributed by atoms with Crippen LogP contribution in [0.25, 0.3) is 55.1 Å². The summed E-state index contributed by atoms with van der Waals surface area (Å²) >= 11 is 3.49. The van der Waals surface area contributed by atoms with Crippen molar-refractivity contribution in [2.24, 2.45) is 0 Å². The highest BCUT2D eigenvalue weighted by Crippen LogP contribution is 2.34. The van der Waals surface area contributed by atoms with Gasteiger partial charge in [0.15, 0.2) is 0 Å². The zero-order chi connectivity index (χ0) is 23.1. The van der Waals surface area contributed by atoms with Crippen LogP contribution in [0.4, 0.5) is 0 Å². The molecular formula is C30H22N2S2. The maximum absolute atomic E-state index is 5.18. The van der Waals surface area contributed by atoms with Crippen LogP contribution >= 0.6 is 23.5 Å². The SMILES string of the molecule is CSc1ccc(-c2nc3cc4cc5ccccc5cc4cc3nc2-c2ccc(SC)cc2)cc1. The third kappa shape index (κ3) is 3.83. The standard InChI is InChI=1S/C30H22N2S2/c1-33-25-11-7-19(8-12-25)29-30(20-9-13-26(34-2)14-10-20)32-28-18-24-16-22-6-4-3-5-21(22)15-23(24)17-27(28)31-29/h3-18H,1-2H3. The van der Waals surface area contributed by atoms with E-state index in [1.165, 1.54) is 31.3 Å². The summed E-state index contributed by atoms with van der Waals surface area (Å²) in [6, 6.07) is 34.5. The average molecular weight is 475 g/mol. The second-order valence-electron chi connectivity index (χ2n) is 8.27. The molecule has 5 aromatic carbocycles. The molecule has 1 aromatic heterocycles. The molecule has 0 unspecified atom stereocenters. The molecule has 34 heavy (non-hydrogen) atoms. The molecule has 0 aliphatic carbocycles. The number of benzene rings is 5. The van der Waals surface area contributed by atoms with E-state index in [9.17, 15) is 0 Å². The molecule has 6 rings (SSSR count). The Balaban J connectivity index is 1.61. The predicted molar refractivity (Wildman–Crippen MR) is 149 cm³/mol. The van der Waals surface area contributed by atoms with Gasteiger partial charge in [-0.25, -0.2) is 9.97 Å². The molecule has 0 N–H and O–H groups in total. The van der Waals surface area contributed by atoms with Crippen LogP contribution in [0.1, 0.15) is 0 Å². The lowest BCUT2D eigenvalue weighted by molar-refractivity contribution is 1.29. The fourth-order valence-corrected chi connectivity index (χ4v) is 5.21. The van der Waals surface area contributed by atoms with Gasteiger partial charge in [-0.3, -0.25) is 0 Å². The van der Waals surface area contributed by atoms with E-state index < -0.39 is 0 Å². The van der Waals surface area contributed by atoms with Crippen molar-refractivity contribution in [2.45, 2.75) is 9.79 Å². The molecule has 0 saturated carbocycles. The van der Waals surface area contributed by atoms with Gasteiger partial charge in [-0.1, -0.05) is 48.5 Å². The van der Waals surface area contributed by atoms with E-state index in [1.807, 2.05) is 0 Å². The first-order chi connectivity index (χ1) is 16.7. The molecule has 0 bridgehead atoms. The second-order valence-corrected chi connectivity index (χ2v) is 10.0. The van der Waals surface area contributed by atoms with Crippen molar-refractivity contribution in [3.63, 3.8) is 0 Å². The lowest BCUT2D eigenvalue weighted by atomic mass is 10.0. The van der Waals surface area contributed by atoms with E-state index >= 15 is 0 Å². The normalized spacial score (nSPS) is 11.5. The van der Waals surface area contributed by atoms with Crippen molar-refractivity contribution in [3.05, 3.63) is 97.1 Å². The van der Waals surface area contributed by atoms with Crippen molar-refractivity contribution >= 4 is 56.1 Å². The van der Waals surface area contributed by atoms with E-state index in [1.54, 1.807) is 23.5 Å². The molecule has 0 aliphatic rings. The van der Waals surface area contributed by atoms with Crippen LogP contribution in [0.2, 0.25) is 0 Å². The van der Waals surface area contributed by atoms with E-state index in [4.69, 9.17) is 9.97 Å². The molecule has 4 heteroatoms. The molecule has 0 radical (unpaired) electrons. The van der Waals surface area contributed by atoms with Crippen molar-refractivity contribution in [1.82, 2.24) is 9.97 Å². The number of hydrogen-bond donors (Lipinski definition) is 0. The Morgan fingerprint density at radius 2 is 0.882 bits per heavy atom. The highest BCUT2D eigenvalue weighted by Gasteiger charge is 2.14. The molecule has 6 aromatic rings. The first-order valence-corrected chi connectivity index (χ1v) is 13.6. The van der Waals surface area contributed by atoms with Gasteiger partial charge >= 0.3 is 0 Å². The van der Waals surface area contributed by atoms with Gasteiger partial charge < -0.3 is 0 Å². The van der Waals surface area contributed by atoms with Crippen molar-refractivity contribution in [1.29, 1.82) is 0 Å². The van der Waals surface area contributed by atoms with Gasteiger partial charge in [0.05, 0.1) is 22.4 Å². The predicted octanol–water partition coefficient (Wildman–Crippen LogP) is 8.71. The Labute approximate surface area is 207 Å². The molecule has 0 amide bonds. The molecule has 0 spiro atoms. The van der Waals surface area contributed by atoms with Gasteiger partial charge in [0.2, 0.25) is 0 Å². The van der Waals surface area contributed by atoms with Crippen LogP contribution in [0, 0.1) is 0 Å². The van der Waals surface area contributed by atoms with Gasteiger partial charge in [-0.05, 0) is 82.6 Å². The molecule has 2 nitrogen and oxygen atoms in total. The van der Waals surface area contributed by atoms with Gasteiger partial charge in [0.25, 0.3) is 0 Å². The number of fused-ring (bicyclic) bond motifs is 3. The summed E-state index contributed by atoms with van der Waals surface area (Å²) in [6.07, 6.45) is 4.19. The zero-order valence-electron chi connectivity index (χ0n) is 18.9. The molecule has 0 fully saturated rings. The van der Waals surface area contributed by atoms with Crippen molar-refractivity contribution < 1.29 is 0 Å². The van der Waals surface area contributed by atoms with Crippen molar-refractivity contribution in [2.75, 3.05) is 12.5 Å². The highest BCUT2D eigenvalue weighted by molar-refractivity contribution is 7.98. The van der Waals surface area contributed by atoms with Gasteiger partial charge in [0.1, 0.15) is 0 Å².